The molecule has 2 unspecified atom stereocenters. The number of piperidine rings is 1. The van der Waals surface area contributed by atoms with Crippen LogP contribution in [-0.2, 0) is 14.8 Å². The fourth-order valence-corrected chi connectivity index (χ4v) is 4.66. The van der Waals surface area contributed by atoms with E-state index in [4.69, 9.17) is 6.42 Å². The maximum atomic E-state index is 12.7. The van der Waals surface area contributed by atoms with Crippen LogP contribution in [0.1, 0.15) is 45.4 Å². The van der Waals surface area contributed by atoms with E-state index in [-0.39, 0.29) is 24.7 Å². The molecule has 0 aromatic heterocycles. The molecule has 6 heteroatoms. The van der Waals surface area contributed by atoms with Gasteiger partial charge in [0, 0.05) is 12.6 Å². The van der Waals surface area contributed by atoms with E-state index < -0.39 is 10.0 Å². The highest BCUT2D eigenvalue weighted by molar-refractivity contribution is 7.89. The lowest BCUT2D eigenvalue weighted by Crippen LogP contribution is -2.53. The summed E-state index contributed by atoms with van der Waals surface area (Å²) in [6.07, 6.45) is 12.1. The van der Waals surface area contributed by atoms with Crippen molar-refractivity contribution in [3.8, 4) is 12.3 Å². The molecule has 22 heavy (non-hydrogen) atoms. The number of fused-ring (bicyclic) bond motifs is 1. The Morgan fingerprint density at radius 2 is 1.95 bits per heavy atom. The zero-order valence-corrected chi connectivity index (χ0v) is 14.1. The Labute approximate surface area is 134 Å². The molecule has 1 aliphatic carbocycles. The van der Waals surface area contributed by atoms with E-state index in [0.29, 0.717) is 12.0 Å². The second-order valence-corrected chi connectivity index (χ2v) is 8.47. The number of terminal acetylenes is 1. The van der Waals surface area contributed by atoms with Crippen LogP contribution in [0.3, 0.4) is 0 Å². The van der Waals surface area contributed by atoms with Gasteiger partial charge in [0.05, 0.1) is 18.8 Å². The number of rotatable bonds is 5. The number of hydrogen-bond acceptors (Lipinski definition) is 3. The molecule has 2 fully saturated rings. The van der Waals surface area contributed by atoms with Gasteiger partial charge in [-0.25, -0.2) is 8.42 Å². The lowest BCUT2D eigenvalue weighted by Gasteiger charge is -2.44. The molecule has 1 amide bonds. The first-order chi connectivity index (χ1) is 10.5. The van der Waals surface area contributed by atoms with Crippen molar-refractivity contribution in [2.24, 2.45) is 5.92 Å². The van der Waals surface area contributed by atoms with E-state index in [1.807, 2.05) is 4.90 Å². The second kappa shape index (κ2) is 7.47. The lowest BCUT2D eigenvalue weighted by atomic mass is 9.78. The van der Waals surface area contributed by atoms with Crippen LogP contribution < -0.4 is 0 Å². The number of sulfonamides is 1. The first-order valence-corrected chi connectivity index (χ1v) is 9.81. The Morgan fingerprint density at radius 1 is 1.27 bits per heavy atom. The largest absolute Gasteiger partial charge is 0.338 e. The molecule has 124 valence electrons. The van der Waals surface area contributed by atoms with E-state index in [0.717, 1.165) is 30.1 Å². The summed E-state index contributed by atoms with van der Waals surface area (Å²) < 4.78 is 25.2. The molecular formula is C16H26N2O3S. The number of hydrogen-bond donors (Lipinski definition) is 0. The predicted molar refractivity (Wildman–Crippen MR) is 86.6 cm³/mol. The fraction of sp³-hybridized carbons (Fsp3) is 0.812. The van der Waals surface area contributed by atoms with Crippen molar-refractivity contribution in [2.45, 2.75) is 51.5 Å². The third-order valence-electron chi connectivity index (χ3n) is 4.90. The normalized spacial score (nSPS) is 25.6. The molecule has 2 aliphatic rings. The molecular weight excluding hydrogens is 300 g/mol. The number of likely N-dealkylation sites (tertiary alicyclic amines) is 1. The van der Waals surface area contributed by atoms with Crippen LogP contribution in [0.5, 0.6) is 0 Å². The van der Waals surface area contributed by atoms with E-state index in [2.05, 4.69) is 5.92 Å². The topological polar surface area (TPSA) is 57.7 Å². The van der Waals surface area contributed by atoms with E-state index >= 15 is 0 Å². The smallest absolute Gasteiger partial charge is 0.238 e. The Morgan fingerprint density at radius 3 is 2.64 bits per heavy atom. The highest BCUT2D eigenvalue weighted by atomic mass is 32.2. The number of carbonyl (C=O) groups is 1. The fourth-order valence-electron chi connectivity index (χ4n) is 3.71. The lowest BCUT2D eigenvalue weighted by molar-refractivity contribution is -0.137. The number of nitrogens with zero attached hydrogens (tertiary/aromatic N) is 2. The minimum atomic E-state index is -3.44. The molecule has 2 rings (SSSR count). The van der Waals surface area contributed by atoms with Crippen molar-refractivity contribution < 1.29 is 13.2 Å². The van der Waals surface area contributed by atoms with Crippen molar-refractivity contribution >= 4 is 15.9 Å². The third-order valence-corrected chi connectivity index (χ3v) is 6.68. The Bertz CT molecular complexity index is 536. The summed E-state index contributed by atoms with van der Waals surface area (Å²) in [5, 5.41) is 0. The summed E-state index contributed by atoms with van der Waals surface area (Å²) in [6, 6.07) is 0.298. The van der Waals surface area contributed by atoms with Crippen LogP contribution in [0.25, 0.3) is 0 Å². The molecule has 1 aliphatic heterocycles. The van der Waals surface area contributed by atoms with Gasteiger partial charge in [-0.1, -0.05) is 18.8 Å². The third kappa shape index (κ3) is 3.82. The van der Waals surface area contributed by atoms with Crippen molar-refractivity contribution in [3.05, 3.63) is 0 Å². The van der Waals surface area contributed by atoms with Gasteiger partial charge in [0.15, 0.2) is 0 Å². The molecule has 0 N–H and O–H groups in total. The van der Waals surface area contributed by atoms with Crippen LogP contribution in [0.2, 0.25) is 0 Å². The van der Waals surface area contributed by atoms with Gasteiger partial charge in [0.2, 0.25) is 15.9 Å². The molecule has 0 bridgehead atoms. The van der Waals surface area contributed by atoms with E-state index in [1.165, 1.54) is 19.3 Å². The summed E-state index contributed by atoms with van der Waals surface area (Å²) in [4.78, 5) is 14.6. The Balaban J connectivity index is 2.07. The molecule has 0 spiro atoms. The maximum absolute atomic E-state index is 12.7. The molecule has 1 saturated heterocycles. The predicted octanol–water partition coefficient (Wildman–Crippen LogP) is 1.45. The van der Waals surface area contributed by atoms with Gasteiger partial charge >= 0.3 is 0 Å². The van der Waals surface area contributed by atoms with Crippen molar-refractivity contribution in [3.63, 3.8) is 0 Å². The molecule has 0 aromatic carbocycles. The van der Waals surface area contributed by atoms with Crippen molar-refractivity contribution in [2.75, 3.05) is 25.4 Å². The summed E-state index contributed by atoms with van der Waals surface area (Å²) in [6.45, 7) is 2.16. The minimum absolute atomic E-state index is 0.0337. The van der Waals surface area contributed by atoms with Crippen LogP contribution in [0, 0.1) is 18.3 Å². The van der Waals surface area contributed by atoms with Crippen LogP contribution in [0.15, 0.2) is 0 Å². The maximum Gasteiger partial charge on any atom is 0.238 e. The van der Waals surface area contributed by atoms with Gasteiger partial charge in [-0.3, -0.25) is 4.79 Å². The highest BCUT2D eigenvalue weighted by Crippen LogP contribution is 2.35. The second-order valence-electron chi connectivity index (χ2n) is 6.21. The van der Waals surface area contributed by atoms with Gasteiger partial charge in [-0.2, -0.15) is 4.31 Å². The van der Waals surface area contributed by atoms with Crippen LogP contribution >= 0.6 is 0 Å². The van der Waals surface area contributed by atoms with Gasteiger partial charge in [-0.15, -0.1) is 6.42 Å². The molecule has 2 atom stereocenters. The quantitative estimate of drug-likeness (QED) is 0.719. The van der Waals surface area contributed by atoms with Crippen molar-refractivity contribution in [1.82, 2.24) is 9.21 Å². The van der Waals surface area contributed by atoms with Gasteiger partial charge in [0.1, 0.15) is 0 Å². The zero-order chi connectivity index (χ0) is 16.2. The molecule has 1 heterocycles. The average molecular weight is 326 g/mol. The van der Waals surface area contributed by atoms with Gasteiger partial charge in [-0.05, 0) is 38.5 Å². The van der Waals surface area contributed by atoms with Gasteiger partial charge in [0.25, 0.3) is 0 Å². The number of carbonyl (C=O) groups excluding carboxylic acids is 1. The molecule has 0 aromatic rings. The van der Waals surface area contributed by atoms with Crippen LogP contribution in [-0.4, -0.2) is 55.0 Å². The first-order valence-electron chi connectivity index (χ1n) is 8.20. The first kappa shape index (κ1) is 17.3. The van der Waals surface area contributed by atoms with Gasteiger partial charge < -0.3 is 4.90 Å². The minimum Gasteiger partial charge on any atom is -0.338 e. The Kier molecular flexibility index (Phi) is 5.87. The monoisotopic (exact) mass is 326 g/mol. The summed E-state index contributed by atoms with van der Waals surface area (Å²) in [7, 11) is -3.44. The molecule has 5 nitrogen and oxygen atoms in total. The zero-order valence-electron chi connectivity index (χ0n) is 13.3. The summed E-state index contributed by atoms with van der Waals surface area (Å²) >= 11 is 0. The highest BCUT2D eigenvalue weighted by Gasteiger charge is 2.36. The average Bonchev–Trinajstić information content (AvgIpc) is 2.53. The summed E-state index contributed by atoms with van der Waals surface area (Å²) in [5.41, 5.74) is 0. The molecule has 1 saturated carbocycles. The van der Waals surface area contributed by atoms with E-state index in [1.54, 1.807) is 6.92 Å². The standard InChI is InChI=1S/C16H26N2O3S/c1-3-11-17(22(20,21)4-2)13-16(19)18-12-7-9-14-8-5-6-10-15(14)18/h1,14-15H,4-13H2,2H3. The summed E-state index contributed by atoms with van der Waals surface area (Å²) in [5.74, 6) is 2.81. The number of amides is 1. The SMILES string of the molecule is C#CCN(CC(=O)N1CCCC2CCCCC21)S(=O)(=O)CC. The Hall–Kier alpha value is -1.06. The van der Waals surface area contributed by atoms with Crippen LogP contribution in [0.4, 0.5) is 0 Å². The molecule has 0 radical (unpaired) electrons. The van der Waals surface area contributed by atoms with E-state index in [9.17, 15) is 13.2 Å². The van der Waals surface area contributed by atoms with Crippen molar-refractivity contribution in [1.29, 1.82) is 0 Å².